The molecule has 6 N–H and O–H groups in total. The maximum absolute atomic E-state index is 13.6. The molecule has 6 aromatic carbocycles. The second kappa shape index (κ2) is 14.3. The van der Waals surface area contributed by atoms with Gasteiger partial charge in [-0.15, -0.1) is 0 Å². The summed E-state index contributed by atoms with van der Waals surface area (Å²) in [5.74, 6) is -3.68. The summed E-state index contributed by atoms with van der Waals surface area (Å²) in [6.45, 7) is 7.39. The van der Waals surface area contributed by atoms with Crippen LogP contribution in [0.3, 0.4) is 0 Å². The topological polar surface area (TPSA) is 156 Å². The van der Waals surface area contributed by atoms with Crippen LogP contribution in [0.25, 0.3) is 32.7 Å². The Morgan fingerprint density at radius 1 is 0.500 bits per heavy atom. The predicted octanol–water partition coefficient (Wildman–Crippen LogP) is 10.0. The molecule has 2 atom stereocenters. The third-order valence-electron chi connectivity index (χ3n) is 10.3. The fraction of sp³-hybridized carbons (Fsp3) is 0.227. The summed E-state index contributed by atoms with van der Waals surface area (Å²) in [7, 11) is 0. The van der Waals surface area contributed by atoms with Gasteiger partial charge in [0.15, 0.2) is 34.6 Å². The van der Waals surface area contributed by atoms with Crippen LogP contribution in [0.1, 0.15) is 94.3 Å². The standard InChI is InChI=1S/C44H42O8/c1-23(27-11-7-5-8-12-27)15-17-33(45)39-29-19-25(3)37(41(49)31(29)21-35(47)43(39)51)38-26(4)20-30-32(42(38)50)22-36(48)44(52)40(30)34(46)18-16-24(2)28-13-9-6-10-14-28/h5-14,19-24,47-52H,15-18H2,1-4H3. The van der Waals surface area contributed by atoms with Gasteiger partial charge in [0.05, 0.1) is 11.1 Å². The summed E-state index contributed by atoms with van der Waals surface area (Å²) in [5, 5.41) is 67.5. The number of Topliss-reactive ketones (excluding diaryl/α,β-unsaturated/α-hetero) is 2. The quantitative estimate of drug-likeness (QED) is 0.0577. The molecule has 52 heavy (non-hydrogen) atoms. The number of hydrogen-bond acceptors (Lipinski definition) is 8. The van der Waals surface area contributed by atoms with E-state index in [0.717, 1.165) is 11.1 Å². The van der Waals surface area contributed by atoms with E-state index in [1.165, 1.54) is 12.1 Å². The minimum absolute atomic E-state index is 0.0615. The first-order valence-corrected chi connectivity index (χ1v) is 17.4. The molecule has 0 spiro atoms. The number of aromatic hydroxyl groups is 6. The zero-order chi connectivity index (χ0) is 37.4. The van der Waals surface area contributed by atoms with Gasteiger partial charge in [-0.05, 0) is 85.0 Å². The molecule has 8 heteroatoms. The van der Waals surface area contributed by atoms with Crippen molar-refractivity contribution >= 4 is 33.1 Å². The summed E-state index contributed by atoms with van der Waals surface area (Å²) in [5.41, 5.74) is 3.23. The van der Waals surface area contributed by atoms with Gasteiger partial charge < -0.3 is 30.6 Å². The Morgan fingerprint density at radius 3 is 1.19 bits per heavy atom. The first kappa shape index (κ1) is 35.8. The van der Waals surface area contributed by atoms with Crippen LogP contribution in [0.2, 0.25) is 0 Å². The number of phenolic OH excluding ortho intramolecular Hbond substituents is 6. The minimum atomic E-state index is -0.582. The number of rotatable bonds is 11. The van der Waals surface area contributed by atoms with E-state index in [9.17, 15) is 40.2 Å². The van der Waals surface area contributed by atoms with Crippen LogP contribution in [-0.4, -0.2) is 42.2 Å². The molecule has 0 heterocycles. The van der Waals surface area contributed by atoms with Crippen molar-refractivity contribution in [2.75, 3.05) is 0 Å². The van der Waals surface area contributed by atoms with Crippen molar-refractivity contribution in [3.05, 3.63) is 118 Å². The van der Waals surface area contributed by atoms with E-state index in [1.54, 1.807) is 26.0 Å². The van der Waals surface area contributed by atoms with Crippen molar-refractivity contribution in [1.82, 2.24) is 0 Å². The number of carbonyl (C=O) groups excluding carboxylic acids is 2. The Bertz CT molecular complexity index is 2180. The van der Waals surface area contributed by atoms with Crippen molar-refractivity contribution in [1.29, 1.82) is 0 Å². The van der Waals surface area contributed by atoms with E-state index in [1.807, 2.05) is 74.5 Å². The highest BCUT2D eigenvalue weighted by atomic mass is 16.3. The molecule has 0 aliphatic heterocycles. The van der Waals surface area contributed by atoms with Crippen molar-refractivity contribution in [3.8, 4) is 45.6 Å². The maximum Gasteiger partial charge on any atom is 0.169 e. The smallest absolute Gasteiger partial charge is 0.169 e. The Kier molecular flexibility index (Phi) is 9.85. The number of phenols is 6. The zero-order valence-electron chi connectivity index (χ0n) is 29.6. The maximum atomic E-state index is 13.6. The first-order valence-electron chi connectivity index (χ1n) is 17.4. The summed E-state index contributed by atoms with van der Waals surface area (Å²) in [4.78, 5) is 27.3. The lowest BCUT2D eigenvalue weighted by Crippen LogP contribution is -2.05. The van der Waals surface area contributed by atoms with Gasteiger partial charge in [-0.2, -0.15) is 0 Å². The van der Waals surface area contributed by atoms with Gasteiger partial charge in [-0.25, -0.2) is 0 Å². The van der Waals surface area contributed by atoms with Gasteiger partial charge >= 0.3 is 0 Å². The van der Waals surface area contributed by atoms with Crippen LogP contribution >= 0.6 is 0 Å². The van der Waals surface area contributed by atoms with E-state index in [-0.39, 0.29) is 80.0 Å². The van der Waals surface area contributed by atoms with Crippen LogP contribution in [-0.2, 0) is 0 Å². The average Bonchev–Trinajstić information content (AvgIpc) is 3.13. The summed E-state index contributed by atoms with van der Waals surface area (Å²) >= 11 is 0. The number of ketones is 2. The van der Waals surface area contributed by atoms with Gasteiger partial charge in [0.25, 0.3) is 0 Å². The largest absolute Gasteiger partial charge is 0.507 e. The molecule has 0 aliphatic rings. The molecule has 0 amide bonds. The Morgan fingerprint density at radius 2 is 0.846 bits per heavy atom. The molecule has 2 unspecified atom stereocenters. The molecule has 0 bridgehead atoms. The molecule has 0 radical (unpaired) electrons. The van der Waals surface area contributed by atoms with Gasteiger partial charge in [0.2, 0.25) is 0 Å². The summed E-state index contributed by atoms with van der Waals surface area (Å²) in [6, 6.07) is 25.1. The lowest BCUT2D eigenvalue weighted by atomic mass is 9.85. The zero-order valence-corrected chi connectivity index (χ0v) is 29.6. The number of aryl methyl sites for hydroxylation is 2. The molecular formula is C44H42O8. The average molecular weight is 699 g/mol. The molecule has 6 rings (SSSR count). The molecule has 6 aromatic rings. The van der Waals surface area contributed by atoms with Crippen LogP contribution in [0.5, 0.6) is 34.5 Å². The Balaban J connectivity index is 1.41. The predicted molar refractivity (Wildman–Crippen MR) is 203 cm³/mol. The van der Waals surface area contributed by atoms with Crippen molar-refractivity contribution < 1.29 is 40.2 Å². The highest BCUT2D eigenvalue weighted by molar-refractivity contribution is 6.16. The molecule has 0 aliphatic carbocycles. The SMILES string of the molecule is Cc1cc2c(C(=O)CCC(C)c3ccccc3)c(O)c(O)cc2c(O)c1-c1c(C)cc2c(C(=O)CCC(C)c3ccccc3)c(O)c(O)cc2c1O. The lowest BCUT2D eigenvalue weighted by molar-refractivity contribution is 0.0968. The number of benzene rings is 6. The fourth-order valence-electron chi connectivity index (χ4n) is 7.30. The third-order valence-corrected chi connectivity index (χ3v) is 10.3. The van der Waals surface area contributed by atoms with Gasteiger partial charge in [0, 0.05) is 45.5 Å². The van der Waals surface area contributed by atoms with Crippen LogP contribution in [0.4, 0.5) is 0 Å². The molecule has 0 saturated carbocycles. The molecule has 0 fully saturated rings. The van der Waals surface area contributed by atoms with Crippen LogP contribution in [0.15, 0.2) is 84.9 Å². The van der Waals surface area contributed by atoms with E-state index >= 15 is 0 Å². The molecule has 0 aromatic heterocycles. The normalized spacial score (nSPS) is 12.6. The monoisotopic (exact) mass is 698 g/mol. The van der Waals surface area contributed by atoms with E-state index in [2.05, 4.69) is 0 Å². The minimum Gasteiger partial charge on any atom is -0.507 e. The second-order valence-corrected chi connectivity index (χ2v) is 13.8. The lowest BCUT2D eigenvalue weighted by Gasteiger charge is -2.20. The highest BCUT2D eigenvalue weighted by Gasteiger charge is 2.28. The van der Waals surface area contributed by atoms with Gasteiger partial charge in [-0.1, -0.05) is 74.5 Å². The highest BCUT2D eigenvalue weighted by Crippen LogP contribution is 2.51. The van der Waals surface area contributed by atoms with Crippen LogP contribution in [0, 0.1) is 13.8 Å². The van der Waals surface area contributed by atoms with E-state index in [4.69, 9.17) is 0 Å². The number of carbonyl (C=O) groups is 2. The Labute approximate surface area is 301 Å². The molecule has 0 saturated heterocycles. The van der Waals surface area contributed by atoms with Crippen LogP contribution < -0.4 is 0 Å². The Hall–Kier alpha value is -6.02. The molecular weight excluding hydrogens is 656 g/mol. The fourth-order valence-corrected chi connectivity index (χ4v) is 7.30. The van der Waals surface area contributed by atoms with Crippen molar-refractivity contribution in [2.45, 2.75) is 65.2 Å². The molecule has 8 nitrogen and oxygen atoms in total. The first-order chi connectivity index (χ1) is 24.8. The van der Waals surface area contributed by atoms with Gasteiger partial charge in [0.1, 0.15) is 11.5 Å². The second-order valence-electron chi connectivity index (χ2n) is 13.8. The van der Waals surface area contributed by atoms with Gasteiger partial charge in [-0.3, -0.25) is 9.59 Å². The van der Waals surface area contributed by atoms with E-state index < -0.39 is 34.6 Å². The van der Waals surface area contributed by atoms with E-state index in [0.29, 0.717) is 24.0 Å². The summed E-state index contributed by atoms with van der Waals surface area (Å²) in [6.07, 6.45) is 1.14. The number of fused-ring (bicyclic) bond motifs is 2. The summed E-state index contributed by atoms with van der Waals surface area (Å²) < 4.78 is 0. The molecule has 266 valence electrons. The van der Waals surface area contributed by atoms with Crippen molar-refractivity contribution in [2.24, 2.45) is 0 Å². The van der Waals surface area contributed by atoms with Crippen molar-refractivity contribution in [3.63, 3.8) is 0 Å². The third kappa shape index (κ3) is 6.48. The number of hydrogen-bond donors (Lipinski definition) is 6.